The second-order valence-electron chi connectivity index (χ2n) is 8.58. The van der Waals surface area contributed by atoms with Gasteiger partial charge in [-0.2, -0.15) is 0 Å². The lowest BCUT2D eigenvalue weighted by Crippen LogP contribution is -2.49. The van der Waals surface area contributed by atoms with Crippen molar-refractivity contribution in [1.82, 2.24) is 14.4 Å². The van der Waals surface area contributed by atoms with E-state index in [2.05, 4.69) is 50.1 Å². The first-order valence-electron chi connectivity index (χ1n) is 10.1. The van der Waals surface area contributed by atoms with Crippen LogP contribution in [-0.4, -0.2) is 57.3 Å². The third-order valence-electron chi connectivity index (χ3n) is 5.01. The summed E-state index contributed by atoms with van der Waals surface area (Å²) in [5, 5.41) is 10.5. The Morgan fingerprint density at radius 1 is 1.06 bits per heavy atom. The summed E-state index contributed by atoms with van der Waals surface area (Å²) in [4.78, 5) is 28.8. The minimum absolute atomic E-state index is 0.210. The molecule has 1 N–H and O–H groups in total. The molecule has 9 heteroatoms. The van der Waals surface area contributed by atoms with Crippen molar-refractivity contribution < 1.29 is 14.6 Å². The molecule has 0 aliphatic carbocycles. The van der Waals surface area contributed by atoms with Gasteiger partial charge in [0, 0.05) is 51.6 Å². The van der Waals surface area contributed by atoms with Crippen molar-refractivity contribution in [3.63, 3.8) is 0 Å². The molecule has 2 heterocycles. The number of pyridine rings is 1. The van der Waals surface area contributed by atoms with Crippen molar-refractivity contribution in [3.05, 3.63) is 59.1 Å². The summed E-state index contributed by atoms with van der Waals surface area (Å²) in [7, 11) is 0. The topological polar surface area (TPSA) is 75.0 Å². The zero-order valence-electron chi connectivity index (χ0n) is 17.9. The van der Waals surface area contributed by atoms with Gasteiger partial charge in [-0.25, -0.2) is 4.79 Å². The monoisotopic (exact) mass is 651 g/mol. The molecule has 0 bridgehead atoms. The summed E-state index contributed by atoms with van der Waals surface area (Å²) < 4.78 is 9.21. The van der Waals surface area contributed by atoms with Crippen LogP contribution in [0.1, 0.15) is 31.9 Å². The van der Waals surface area contributed by atoms with Crippen LogP contribution in [0.25, 0.3) is 0 Å². The van der Waals surface area contributed by atoms with Crippen LogP contribution < -0.4 is 5.56 Å². The van der Waals surface area contributed by atoms with Crippen molar-refractivity contribution in [3.8, 4) is 5.75 Å². The molecule has 0 saturated carbocycles. The van der Waals surface area contributed by atoms with E-state index in [1.807, 2.05) is 39.0 Å². The average molecular weight is 651 g/mol. The highest BCUT2D eigenvalue weighted by Gasteiger charge is 2.26. The highest BCUT2D eigenvalue weighted by atomic mass is 127. The molecule has 1 aliphatic rings. The number of amides is 1. The number of hydrogen-bond donors (Lipinski definition) is 1. The van der Waals surface area contributed by atoms with Gasteiger partial charge >= 0.3 is 6.09 Å². The summed E-state index contributed by atoms with van der Waals surface area (Å²) in [5.41, 5.74) is 0.740. The van der Waals surface area contributed by atoms with Crippen molar-refractivity contribution in [1.29, 1.82) is 0 Å². The first kappa shape index (κ1) is 24.3. The molecule has 1 aromatic heterocycles. The maximum Gasteiger partial charge on any atom is 0.410 e. The fraction of sp³-hybridized carbons (Fsp3) is 0.455. The molecule has 1 saturated heterocycles. The van der Waals surface area contributed by atoms with E-state index in [-0.39, 0.29) is 17.4 Å². The average Bonchev–Trinajstić information content (AvgIpc) is 2.70. The van der Waals surface area contributed by atoms with Gasteiger partial charge in [-0.1, -0.05) is 12.1 Å². The van der Waals surface area contributed by atoms with Crippen molar-refractivity contribution in [2.75, 3.05) is 26.2 Å². The van der Waals surface area contributed by atoms with Gasteiger partial charge in [-0.15, -0.1) is 0 Å². The van der Waals surface area contributed by atoms with Crippen molar-refractivity contribution in [2.24, 2.45) is 0 Å². The van der Waals surface area contributed by atoms with Gasteiger partial charge in [0.2, 0.25) is 0 Å². The second-order valence-corrected chi connectivity index (χ2v) is 10.8. The molecule has 1 aromatic carbocycles. The maximum absolute atomic E-state index is 12.7. The highest BCUT2D eigenvalue weighted by Crippen LogP contribution is 2.21. The minimum Gasteiger partial charge on any atom is -0.503 e. The minimum atomic E-state index is -0.514. The van der Waals surface area contributed by atoms with Crippen LogP contribution >= 0.6 is 45.2 Å². The van der Waals surface area contributed by atoms with Crippen molar-refractivity contribution in [2.45, 2.75) is 39.5 Å². The molecule has 3 rings (SSSR count). The van der Waals surface area contributed by atoms with Crippen LogP contribution in [0.3, 0.4) is 0 Å². The molecule has 0 unspecified atom stereocenters. The summed E-state index contributed by atoms with van der Waals surface area (Å²) in [6, 6.07) is 7.79. The number of piperazine rings is 1. The molecule has 31 heavy (non-hydrogen) atoms. The number of rotatable bonds is 4. The van der Waals surface area contributed by atoms with E-state index in [9.17, 15) is 14.7 Å². The highest BCUT2D eigenvalue weighted by molar-refractivity contribution is 14.1. The predicted molar refractivity (Wildman–Crippen MR) is 136 cm³/mol. The van der Waals surface area contributed by atoms with Crippen LogP contribution in [0.5, 0.6) is 5.75 Å². The van der Waals surface area contributed by atoms with E-state index < -0.39 is 5.60 Å². The van der Waals surface area contributed by atoms with Gasteiger partial charge < -0.3 is 19.3 Å². The number of aromatic hydroxyl groups is 1. The largest absolute Gasteiger partial charge is 0.503 e. The fourth-order valence-electron chi connectivity index (χ4n) is 3.36. The van der Waals surface area contributed by atoms with Crippen LogP contribution in [0, 0.1) is 7.14 Å². The molecule has 1 fully saturated rings. The normalized spacial score (nSPS) is 15.2. The third-order valence-corrected chi connectivity index (χ3v) is 8.22. The summed E-state index contributed by atoms with van der Waals surface area (Å²) >= 11 is 4.55. The standard InChI is InChI=1S/C22H27I2N3O4/c1-22(2,3)31-21(30)26-11-9-25(10-12-26)13-16-7-8-27(20(29)19(16)28)14-15-5-4-6-17(23)18(15)24/h4-8,28H,9-14H2,1-3H3. The van der Waals surface area contributed by atoms with E-state index in [0.717, 1.165) is 12.7 Å². The Morgan fingerprint density at radius 3 is 2.39 bits per heavy atom. The molecule has 0 spiro atoms. The number of hydrogen-bond acceptors (Lipinski definition) is 5. The molecular formula is C22H27I2N3O4. The van der Waals surface area contributed by atoms with Gasteiger partial charge in [-0.05, 0) is 83.6 Å². The fourth-order valence-corrected chi connectivity index (χ4v) is 4.45. The molecule has 1 aliphatic heterocycles. The number of halogens is 2. The Kier molecular flexibility index (Phi) is 7.90. The summed E-state index contributed by atoms with van der Waals surface area (Å²) in [6.07, 6.45) is 1.44. The van der Waals surface area contributed by atoms with E-state index in [1.54, 1.807) is 17.2 Å². The van der Waals surface area contributed by atoms with Crippen LogP contribution in [-0.2, 0) is 17.8 Å². The Hall–Kier alpha value is -1.34. The van der Waals surface area contributed by atoms with Gasteiger partial charge in [0.25, 0.3) is 5.56 Å². The predicted octanol–water partition coefficient (Wildman–Crippen LogP) is 3.86. The molecule has 0 radical (unpaired) electrons. The van der Waals surface area contributed by atoms with Crippen molar-refractivity contribution >= 4 is 51.3 Å². The van der Waals surface area contributed by atoms with Gasteiger partial charge in [0.15, 0.2) is 5.75 Å². The lowest BCUT2D eigenvalue weighted by molar-refractivity contribution is 0.0138. The van der Waals surface area contributed by atoms with E-state index >= 15 is 0 Å². The summed E-state index contributed by atoms with van der Waals surface area (Å²) in [6.45, 7) is 8.85. The molecule has 2 aromatic rings. The zero-order chi connectivity index (χ0) is 22.8. The summed E-state index contributed by atoms with van der Waals surface area (Å²) in [5.74, 6) is -0.210. The maximum atomic E-state index is 12.7. The van der Waals surface area contributed by atoms with E-state index in [4.69, 9.17) is 4.74 Å². The molecule has 1 amide bonds. The Labute approximate surface area is 209 Å². The van der Waals surface area contributed by atoms with Gasteiger partial charge in [-0.3, -0.25) is 9.69 Å². The number of carbonyl (C=O) groups is 1. The van der Waals surface area contributed by atoms with Crippen LogP contribution in [0.4, 0.5) is 4.79 Å². The Bertz CT molecular complexity index is 1010. The lowest BCUT2D eigenvalue weighted by Gasteiger charge is -2.35. The third kappa shape index (κ3) is 6.35. The van der Waals surface area contributed by atoms with Crippen LogP contribution in [0.15, 0.2) is 35.3 Å². The molecule has 0 atom stereocenters. The molecule has 7 nitrogen and oxygen atoms in total. The Balaban J connectivity index is 1.63. The SMILES string of the molecule is CC(C)(C)OC(=O)N1CCN(Cc2ccn(Cc3cccc(I)c3I)c(=O)c2O)CC1. The number of carbonyl (C=O) groups excluding carboxylic acids is 1. The lowest BCUT2D eigenvalue weighted by atomic mass is 10.2. The quantitative estimate of drug-likeness (QED) is 0.509. The molecule has 168 valence electrons. The number of aromatic nitrogens is 1. The van der Waals surface area contributed by atoms with E-state index in [1.165, 1.54) is 4.57 Å². The first-order valence-corrected chi connectivity index (χ1v) is 12.3. The second kappa shape index (κ2) is 10.1. The Morgan fingerprint density at radius 2 is 1.74 bits per heavy atom. The smallest absolute Gasteiger partial charge is 0.410 e. The van der Waals surface area contributed by atoms with Gasteiger partial charge in [0.05, 0.1) is 6.54 Å². The number of ether oxygens (including phenoxy) is 1. The zero-order valence-corrected chi connectivity index (χ0v) is 22.2. The number of benzene rings is 1. The van der Waals surface area contributed by atoms with E-state index in [0.29, 0.717) is 44.8 Å². The first-order chi connectivity index (χ1) is 14.5. The van der Waals surface area contributed by atoms with Gasteiger partial charge in [0.1, 0.15) is 5.60 Å². The number of nitrogens with zero attached hydrogens (tertiary/aromatic N) is 3. The molecular weight excluding hydrogens is 624 g/mol. The van der Waals surface area contributed by atoms with Crippen LogP contribution in [0.2, 0.25) is 0 Å².